The van der Waals surface area contributed by atoms with Gasteiger partial charge in [-0.25, -0.2) is 9.59 Å². The van der Waals surface area contributed by atoms with Crippen molar-refractivity contribution >= 4 is 71.6 Å². The van der Waals surface area contributed by atoms with Crippen LogP contribution in [-0.4, -0.2) is 222 Å². The Morgan fingerprint density at radius 3 is 1.54 bits per heavy atom. The Bertz CT molecular complexity index is 1890. The third-order valence-corrected chi connectivity index (χ3v) is 12.7. The van der Waals surface area contributed by atoms with Crippen molar-refractivity contribution < 1.29 is 68.4 Å². The predicted molar refractivity (Wildman–Crippen MR) is 306 cm³/mol. The van der Waals surface area contributed by atoms with E-state index in [2.05, 4.69) is 50.6 Å². The van der Waals surface area contributed by atoms with E-state index in [0.717, 1.165) is 37.8 Å². The van der Waals surface area contributed by atoms with Gasteiger partial charge in [-0.3, -0.25) is 53.1 Å². The third kappa shape index (κ3) is 40.0. The summed E-state index contributed by atoms with van der Waals surface area (Å²) in [5.74, 6) is -4.78. The molecule has 25 heteroatoms. The maximum absolute atomic E-state index is 12.9. The van der Waals surface area contributed by atoms with Crippen LogP contribution in [0.4, 0.5) is 4.79 Å². The molecule has 0 radical (unpaired) electrons. The Morgan fingerprint density at radius 1 is 0.633 bits per heavy atom. The van der Waals surface area contributed by atoms with Gasteiger partial charge in [0.15, 0.2) is 0 Å². The first-order valence-corrected chi connectivity index (χ1v) is 29.1. The van der Waals surface area contributed by atoms with E-state index in [9.17, 15) is 53.1 Å². The van der Waals surface area contributed by atoms with Crippen molar-refractivity contribution in [2.24, 2.45) is 5.92 Å². The Morgan fingerprint density at radius 2 is 1.11 bits per heavy atom. The highest BCUT2D eigenvalue weighted by molar-refractivity contribution is 7.98. The molecule has 2 rings (SSSR count). The number of nitrogens with one attached hydrogen (secondary N) is 6. The largest absolute Gasteiger partial charge is 0.480 e. The van der Waals surface area contributed by atoms with Gasteiger partial charge in [0.2, 0.25) is 18.2 Å². The summed E-state index contributed by atoms with van der Waals surface area (Å²) < 4.78 is 0. The van der Waals surface area contributed by atoms with Crippen molar-refractivity contribution in [3.63, 3.8) is 0 Å². The molecule has 24 nitrogen and oxygen atoms in total. The predicted octanol–water partition coefficient (Wildman–Crippen LogP) is 3.04. The van der Waals surface area contributed by atoms with Crippen LogP contribution in [0.3, 0.4) is 0 Å². The second-order valence-corrected chi connectivity index (χ2v) is 19.6. The number of nitrogens with zero attached hydrogens (tertiary/aromatic N) is 4. The summed E-state index contributed by atoms with van der Waals surface area (Å²) in [5.41, 5.74) is 1.12. The summed E-state index contributed by atoms with van der Waals surface area (Å²) in [6.07, 6.45) is 8.87. The lowest BCUT2D eigenvalue weighted by atomic mass is 9.99. The van der Waals surface area contributed by atoms with Gasteiger partial charge in [-0.05, 0) is 81.2 Å². The topological polar surface area (TPSA) is 337 Å². The quantitative estimate of drug-likeness (QED) is 0.0357. The van der Waals surface area contributed by atoms with E-state index in [4.69, 9.17) is 15.3 Å². The molecule has 1 fully saturated rings. The summed E-state index contributed by atoms with van der Waals surface area (Å²) in [6.45, 7) is 19.6. The average Bonchev–Trinajstić information content (AvgIpc) is 3.41. The van der Waals surface area contributed by atoms with Crippen LogP contribution >= 0.6 is 11.8 Å². The SMILES string of the molecule is CC.CCC.CCC(C)C(=O)CCCCCNC(=O)NCCCCC(NC(=O)CNC(=O)C(CCSC)NC(=O)c1ccc(CNC=O)cc1)C(=O)O.CCN1CCN(CC(=O)O)CCN(CC(=O)O)CCN(CC(=O)O)CC1. The average molecular weight is 1140 g/mol. The fraction of sp³-hybridized carbons (Fsp3) is 0.704. The molecule has 3 unspecified atom stereocenters. The molecule has 1 aromatic carbocycles. The summed E-state index contributed by atoms with van der Waals surface area (Å²) in [7, 11) is 0. The molecule has 1 aliphatic heterocycles. The van der Waals surface area contributed by atoms with E-state index in [1.54, 1.807) is 29.2 Å². The molecule has 0 bridgehead atoms. The number of benzene rings is 1. The Labute approximate surface area is 472 Å². The molecule has 1 aliphatic rings. The first-order valence-electron chi connectivity index (χ1n) is 27.7. The van der Waals surface area contributed by atoms with E-state index in [1.807, 2.05) is 50.7 Å². The standard InChI is InChI=1S/C33H52N6O8S.C16H30N4O6.C3H8.C2H6/c1-4-23(2)28(41)11-6-5-8-17-35-33(47)36-18-9-7-10-27(32(45)46)38-29(42)21-37-31(44)26(16-19-48-3)39-30(43)25-14-12-24(13-15-25)20-34-22-40;1-2-17-3-5-18(11-14(21)22)7-9-20(13-16(25)26)10-8-19(6-4-17)12-15(23)24;1-3-2;1-2/h12-15,22-23,26-27H,4-11,16-21H2,1-3H3,(H,34,40)(H,37,44)(H,38,42)(H,39,43)(H,45,46)(H2,35,36,47);2-13H2,1H3,(H,21,22)(H,23,24)(H,25,26);3H2,1-2H3;1-2H3. The summed E-state index contributed by atoms with van der Waals surface area (Å²) >= 11 is 1.49. The van der Waals surface area contributed by atoms with Crippen LogP contribution in [0.2, 0.25) is 0 Å². The minimum absolute atomic E-state index is 0.0798. The van der Waals surface area contributed by atoms with Crippen LogP contribution in [0, 0.1) is 5.92 Å². The second kappa shape index (κ2) is 48.1. The number of amides is 6. The number of carbonyl (C=O) groups excluding carboxylic acids is 6. The molecule has 0 aliphatic carbocycles. The zero-order valence-corrected chi connectivity index (χ0v) is 49.1. The smallest absolute Gasteiger partial charge is 0.326 e. The normalized spacial score (nSPS) is 14.5. The molecule has 0 saturated carbocycles. The van der Waals surface area contributed by atoms with E-state index < -0.39 is 60.2 Å². The van der Waals surface area contributed by atoms with Crippen LogP contribution in [0.15, 0.2) is 24.3 Å². The maximum atomic E-state index is 12.9. The molecule has 1 heterocycles. The van der Waals surface area contributed by atoms with E-state index in [-0.39, 0.29) is 43.8 Å². The van der Waals surface area contributed by atoms with Crippen LogP contribution in [0.1, 0.15) is 129 Å². The fourth-order valence-electron chi connectivity index (χ4n) is 7.43. The van der Waals surface area contributed by atoms with E-state index in [0.29, 0.717) is 115 Å². The number of unbranched alkanes of at least 4 members (excludes halogenated alkanes) is 3. The Hall–Kier alpha value is -5.89. The highest BCUT2D eigenvalue weighted by atomic mass is 32.2. The molecular weight excluding hydrogens is 1040 g/mol. The van der Waals surface area contributed by atoms with Gasteiger partial charge >= 0.3 is 29.9 Å². The van der Waals surface area contributed by atoms with Crippen molar-refractivity contribution in [3.8, 4) is 0 Å². The van der Waals surface area contributed by atoms with Crippen molar-refractivity contribution in [3.05, 3.63) is 35.4 Å². The first-order chi connectivity index (χ1) is 37.7. The zero-order valence-electron chi connectivity index (χ0n) is 48.3. The summed E-state index contributed by atoms with van der Waals surface area (Å²) in [5, 5.41) is 52.4. The Kier molecular flexibility index (Phi) is 45.7. The number of carboxylic acids is 4. The van der Waals surface area contributed by atoms with E-state index in [1.165, 1.54) is 18.2 Å². The summed E-state index contributed by atoms with van der Waals surface area (Å²) in [4.78, 5) is 125. The van der Waals surface area contributed by atoms with Gasteiger partial charge in [0.25, 0.3) is 5.91 Å². The maximum Gasteiger partial charge on any atom is 0.326 e. The fourth-order valence-corrected chi connectivity index (χ4v) is 7.90. The lowest BCUT2D eigenvalue weighted by Gasteiger charge is -2.32. The number of rotatable bonds is 33. The summed E-state index contributed by atoms with van der Waals surface area (Å²) in [6, 6.07) is 4.11. The van der Waals surface area contributed by atoms with Gasteiger partial charge in [0, 0.05) is 89.9 Å². The van der Waals surface area contributed by atoms with Gasteiger partial charge in [0.05, 0.1) is 26.2 Å². The zero-order chi connectivity index (χ0) is 60.0. The highest BCUT2D eigenvalue weighted by Gasteiger charge is 2.25. The minimum Gasteiger partial charge on any atom is -0.480 e. The number of carbonyl (C=O) groups is 10. The highest BCUT2D eigenvalue weighted by Crippen LogP contribution is 2.10. The van der Waals surface area contributed by atoms with Crippen molar-refractivity contribution in [2.75, 3.05) is 110 Å². The first kappa shape index (κ1) is 75.2. The lowest BCUT2D eigenvalue weighted by Crippen LogP contribution is -2.51. The molecule has 0 spiro atoms. The van der Waals surface area contributed by atoms with Crippen LogP contribution in [-0.2, 0) is 44.9 Å². The van der Waals surface area contributed by atoms with Gasteiger partial charge in [0.1, 0.15) is 17.9 Å². The molecular formula is C54H96N10O14S. The monoisotopic (exact) mass is 1140 g/mol. The number of thioether (sulfide) groups is 1. The lowest BCUT2D eigenvalue weighted by molar-refractivity contribution is -0.142. The molecule has 10 N–H and O–H groups in total. The van der Waals surface area contributed by atoms with Gasteiger partial charge in [-0.15, -0.1) is 0 Å². The minimum atomic E-state index is -1.22. The second-order valence-electron chi connectivity index (χ2n) is 18.6. The van der Waals surface area contributed by atoms with Gasteiger partial charge in [-0.2, -0.15) is 11.8 Å². The number of carboxylic acid groups (broad SMARTS) is 4. The van der Waals surface area contributed by atoms with E-state index >= 15 is 0 Å². The van der Waals surface area contributed by atoms with Crippen LogP contribution in [0.25, 0.3) is 0 Å². The molecule has 6 amide bonds. The number of ketones is 1. The molecule has 3 atom stereocenters. The third-order valence-electron chi connectivity index (χ3n) is 12.1. The van der Waals surface area contributed by atoms with Crippen LogP contribution in [0.5, 0.6) is 0 Å². The number of hydrogen-bond donors (Lipinski definition) is 10. The number of likely N-dealkylation sites (N-methyl/N-ethyl adjacent to an activating group) is 1. The van der Waals surface area contributed by atoms with Gasteiger partial charge < -0.3 is 57.2 Å². The number of urea groups is 1. The number of aliphatic carboxylic acids is 4. The molecule has 0 aromatic heterocycles. The molecule has 79 heavy (non-hydrogen) atoms. The number of Topliss-reactive ketones (excluding diaryl/α,β-unsaturated/α-hetero) is 1. The van der Waals surface area contributed by atoms with Crippen molar-refractivity contribution in [2.45, 2.75) is 131 Å². The van der Waals surface area contributed by atoms with Gasteiger partial charge in [-0.1, -0.05) is 73.4 Å². The Balaban J connectivity index is 0. The van der Waals surface area contributed by atoms with Crippen LogP contribution < -0.4 is 31.9 Å². The van der Waals surface area contributed by atoms with Crippen molar-refractivity contribution in [1.82, 2.24) is 51.5 Å². The molecule has 1 aromatic rings. The number of hydrogen-bond acceptors (Lipinski definition) is 15. The molecule has 1 saturated heterocycles. The van der Waals surface area contributed by atoms with Crippen molar-refractivity contribution in [1.29, 1.82) is 0 Å². The molecule has 452 valence electrons.